The predicted molar refractivity (Wildman–Crippen MR) is 90.9 cm³/mol. The number of aliphatic carboxylic acids is 1. The number of carboxylic acid groups (broad SMARTS) is 1. The van der Waals surface area contributed by atoms with Crippen LogP contribution in [-0.2, 0) is 11.2 Å². The summed E-state index contributed by atoms with van der Waals surface area (Å²) < 4.78 is 11.0. The van der Waals surface area contributed by atoms with E-state index in [1.165, 1.54) is 12.1 Å². The third-order valence-corrected chi connectivity index (χ3v) is 3.60. The molecule has 2 N–H and O–H groups in total. The number of phenolic OH excluding ortho intramolecular Hbond substituents is 1. The van der Waals surface area contributed by atoms with E-state index in [0.29, 0.717) is 17.1 Å². The highest BCUT2D eigenvalue weighted by Crippen LogP contribution is 2.32. The van der Waals surface area contributed by atoms with Crippen molar-refractivity contribution in [3.63, 3.8) is 0 Å². The third kappa shape index (κ3) is 4.41. The molecule has 2 rings (SSSR count). The van der Waals surface area contributed by atoms with Crippen molar-refractivity contribution in [3.8, 4) is 17.2 Å². The molecule has 0 heterocycles. The van der Waals surface area contributed by atoms with Gasteiger partial charge in [-0.15, -0.1) is 0 Å². The Kier molecular flexibility index (Phi) is 5.68. The molecule has 5 nitrogen and oxygen atoms in total. The number of rotatable bonds is 7. The van der Waals surface area contributed by atoms with Crippen LogP contribution in [0, 0.1) is 0 Å². The zero-order valence-electron chi connectivity index (χ0n) is 14.0. The minimum Gasteiger partial charge on any atom is -0.508 e. The summed E-state index contributed by atoms with van der Waals surface area (Å²) >= 11 is 0. The molecule has 1 unspecified atom stereocenters. The lowest BCUT2D eigenvalue weighted by Crippen LogP contribution is -2.14. The van der Waals surface area contributed by atoms with Crippen molar-refractivity contribution in [2.45, 2.75) is 32.3 Å². The molecule has 0 fully saturated rings. The molecule has 2 aromatic carbocycles. The highest BCUT2D eigenvalue weighted by Gasteiger charge is 2.21. The summed E-state index contributed by atoms with van der Waals surface area (Å²) in [5.74, 6) is -0.445. The number of benzene rings is 2. The molecule has 0 aliphatic rings. The average Bonchev–Trinajstić information content (AvgIpc) is 2.52. The summed E-state index contributed by atoms with van der Waals surface area (Å²) in [7, 11) is 1.56. The van der Waals surface area contributed by atoms with Gasteiger partial charge in [-0.05, 0) is 55.7 Å². The highest BCUT2D eigenvalue weighted by atomic mass is 16.5. The van der Waals surface area contributed by atoms with Crippen LogP contribution in [0.2, 0.25) is 0 Å². The second kappa shape index (κ2) is 7.73. The van der Waals surface area contributed by atoms with Crippen LogP contribution >= 0.6 is 0 Å². The summed E-state index contributed by atoms with van der Waals surface area (Å²) in [5, 5.41) is 19.1. The van der Waals surface area contributed by atoms with E-state index in [1.54, 1.807) is 31.4 Å². The second-order valence-electron chi connectivity index (χ2n) is 5.84. The smallest absolute Gasteiger partial charge is 0.311 e. The Morgan fingerprint density at radius 1 is 1.12 bits per heavy atom. The molecule has 0 aliphatic heterocycles. The van der Waals surface area contributed by atoms with Gasteiger partial charge in [0.15, 0.2) is 11.5 Å². The molecule has 0 aliphatic carbocycles. The average molecular weight is 330 g/mol. The zero-order valence-corrected chi connectivity index (χ0v) is 14.0. The number of phenols is 1. The molecule has 2 aromatic rings. The summed E-state index contributed by atoms with van der Waals surface area (Å²) in [4.78, 5) is 11.7. The van der Waals surface area contributed by atoms with Crippen LogP contribution in [0.5, 0.6) is 17.2 Å². The minimum absolute atomic E-state index is 0.0181. The molecule has 0 spiro atoms. The van der Waals surface area contributed by atoms with E-state index < -0.39 is 11.9 Å². The van der Waals surface area contributed by atoms with Gasteiger partial charge in [0.2, 0.25) is 0 Å². The van der Waals surface area contributed by atoms with E-state index in [9.17, 15) is 15.0 Å². The molecule has 0 amide bonds. The van der Waals surface area contributed by atoms with E-state index in [4.69, 9.17) is 9.47 Å². The van der Waals surface area contributed by atoms with Crippen molar-refractivity contribution >= 4 is 5.97 Å². The fourth-order valence-electron chi connectivity index (χ4n) is 2.52. The molecular weight excluding hydrogens is 308 g/mol. The topological polar surface area (TPSA) is 76.0 Å². The molecule has 24 heavy (non-hydrogen) atoms. The van der Waals surface area contributed by atoms with Gasteiger partial charge in [-0.2, -0.15) is 0 Å². The van der Waals surface area contributed by atoms with Crippen molar-refractivity contribution in [1.29, 1.82) is 0 Å². The van der Waals surface area contributed by atoms with Crippen molar-refractivity contribution in [2.24, 2.45) is 0 Å². The molecule has 0 saturated heterocycles. The first-order valence-corrected chi connectivity index (χ1v) is 7.76. The van der Waals surface area contributed by atoms with Gasteiger partial charge in [0.1, 0.15) is 5.75 Å². The Morgan fingerprint density at radius 2 is 1.88 bits per heavy atom. The fraction of sp³-hybridized carbons (Fsp3) is 0.316. The van der Waals surface area contributed by atoms with E-state index in [2.05, 4.69) is 0 Å². The Labute approximate surface area is 141 Å². The van der Waals surface area contributed by atoms with Crippen LogP contribution in [0.3, 0.4) is 0 Å². The van der Waals surface area contributed by atoms with E-state index in [1.807, 2.05) is 19.9 Å². The molecular formula is C19H22O5. The minimum atomic E-state index is -0.942. The van der Waals surface area contributed by atoms with Gasteiger partial charge in [-0.25, -0.2) is 0 Å². The molecule has 0 aromatic heterocycles. The molecule has 0 bridgehead atoms. The quantitative estimate of drug-likeness (QED) is 0.811. The van der Waals surface area contributed by atoms with Crippen molar-refractivity contribution in [2.75, 3.05) is 7.11 Å². The lowest BCUT2D eigenvalue weighted by atomic mass is 9.92. The fourth-order valence-corrected chi connectivity index (χ4v) is 2.52. The predicted octanol–water partition coefficient (Wildman–Crippen LogP) is 3.60. The van der Waals surface area contributed by atoms with E-state index in [-0.39, 0.29) is 18.3 Å². The summed E-state index contributed by atoms with van der Waals surface area (Å²) in [6.45, 7) is 3.83. The Bertz CT molecular complexity index is 709. The van der Waals surface area contributed by atoms with Crippen LogP contribution < -0.4 is 9.47 Å². The first-order chi connectivity index (χ1) is 11.4. The van der Waals surface area contributed by atoms with Gasteiger partial charge >= 0.3 is 5.97 Å². The summed E-state index contributed by atoms with van der Waals surface area (Å²) in [6, 6.07) is 11.7. The van der Waals surface area contributed by atoms with Gasteiger partial charge in [0.05, 0.1) is 19.1 Å². The van der Waals surface area contributed by atoms with Crippen LogP contribution in [-0.4, -0.2) is 29.4 Å². The van der Waals surface area contributed by atoms with Crippen molar-refractivity contribution in [1.82, 2.24) is 0 Å². The van der Waals surface area contributed by atoms with Gasteiger partial charge in [-0.3, -0.25) is 4.79 Å². The van der Waals surface area contributed by atoms with Crippen LogP contribution in [0.4, 0.5) is 0 Å². The van der Waals surface area contributed by atoms with E-state index >= 15 is 0 Å². The van der Waals surface area contributed by atoms with Gasteiger partial charge in [0, 0.05) is 0 Å². The Morgan fingerprint density at radius 3 is 2.46 bits per heavy atom. The van der Waals surface area contributed by atoms with Gasteiger partial charge < -0.3 is 19.7 Å². The number of carboxylic acids is 1. The van der Waals surface area contributed by atoms with Crippen LogP contribution in [0.1, 0.15) is 30.9 Å². The Balaban J connectivity index is 2.31. The zero-order chi connectivity index (χ0) is 17.7. The SMILES string of the molecule is COc1ccc(CC(C(=O)O)c2cccc(O)c2)cc1OC(C)C. The Hall–Kier alpha value is -2.69. The molecule has 5 heteroatoms. The standard InChI is InChI=1S/C19H22O5/c1-12(2)24-18-10-13(7-8-17(18)23-3)9-16(19(21)22)14-5-4-6-15(20)11-14/h4-8,10-12,16,20H,9H2,1-3H3,(H,21,22). The third-order valence-electron chi connectivity index (χ3n) is 3.60. The maximum absolute atomic E-state index is 11.7. The summed E-state index contributed by atoms with van der Waals surface area (Å²) in [5.41, 5.74) is 1.38. The maximum atomic E-state index is 11.7. The normalized spacial score (nSPS) is 12.0. The number of hydrogen-bond acceptors (Lipinski definition) is 4. The first kappa shape index (κ1) is 17.7. The number of hydrogen-bond donors (Lipinski definition) is 2. The number of methoxy groups -OCH3 is 1. The largest absolute Gasteiger partial charge is 0.508 e. The monoisotopic (exact) mass is 330 g/mol. The summed E-state index contributed by atoms with van der Waals surface area (Å²) in [6.07, 6.45) is 0.271. The molecule has 1 atom stereocenters. The molecule has 0 saturated carbocycles. The molecule has 0 radical (unpaired) electrons. The highest BCUT2D eigenvalue weighted by molar-refractivity contribution is 5.76. The van der Waals surface area contributed by atoms with E-state index in [0.717, 1.165) is 5.56 Å². The van der Waals surface area contributed by atoms with Crippen molar-refractivity contribution < 1.29 is 24.5 Å². The van der Waals surface area contributed by atoms with Gasteiger partial charge in [-0.1, -0.05) is 18.2 Å². The van der Waals surface area contributed by atoms with Crippen LogP contribution in [0.15, 0.2) is 42.5 Å². The number of carbonyl (C=O) groups is 1. The lowest BCUT2D eigenvalue weighted by Gasteiger charge is -2.17. The first-order valence-electron chi connectivity index (χ1n) is 7.76. The van der Waals surface area contributed by atoms with Crippen LogP contribution in [0.25, 0.3) is 0 Å². The molecule has 128 valence electrons. The second-order valence-corrected chi connectivity index (χ2v) is 5.84. The van der Waals surface area contributed by atoms with Gasteiger partial charge in [0.25, 0.3) is 0 Å². The number of aromatic hydroxyl groups is 1. The maximum Gasteiger partial charge on any atom is 0.311 e. The lowest BCUT2D eigenvalue weighted by molar-refractivity contribution is -0.138. The van der Waals surface area contributed by atoms with Crippen molar-refractivity contribution in [3.05, 3.63) is 53.6 Å². The number of ether oxygens (including phenoxy) is 2.